The predicted molar refractivity (Wildman–Crippen MR) is 35.8 cm³/mol. The maximum Gasteiger partial charge on any atom is -0.0422 e. The molecule has 1 aromatic rings. The third-order valence-electron chi connectivity index (χ3n) is 0.905. The fourth-order valence-corrected chi connectivity index (χ4v) is 0.569. The van der Waals surface area contributed by atoms with Crippen molar-refractivity contribution in [1.29, 1.82) is 0 Å². The molecule has 0 bridgehead atoms. The average molecular weight is 104 g/mol. The summed E-state index contributed by atoms with van der Waals surface area (Å²) in [7, 11) is 1.89. The second-order valence-corrected chi connectivity index (χ2v) is 1.52. The Labute approximate surface area is 49.9 Å². The third kappa shape index (κ3) is 1.03. The highest BCUT2D eigenvalue weighted by Gasteiger charge is 1.65. The van der Waals surface area contributed by atoms with Crippen molar-refractivity contribution in [3.8, 4) is 0 Å². The van der Waals surface area contributed by atoms with Gasteiger partial charge in [0.1, 0.15) is 0 Å². The molecule has 0 aliphatic carbocycles. The van der Waals surface area contributed by atoms with Crippen LogP contribution in [0.4, 0.5) is 0 Å². The molecule has 0 spiro atoms. The van der Waals surface area contributed by atoms with Crippen LogP contribution in [0.15, 0.2) is 37.1 Å². The summed E-state index contributed by atoms with van der Waals surface area (Å²) in [5.41, 5.74) is 0. The van der Waals surface area contributed by atoms with E-state index in [1.54, 1.807) is 5.98 Å². The number of aromatic nitrogens is 1. The van der Waals surface area contributed by atoms with E-state index in [1.807, 2.05) is 36.4 Å². The van der Waals surface area contributed by atoms with Crippen LogP contribution in [0.2, 0.25) is 0 Å². The fourth-order valence-electron chi connectivity index (χ4n) is 0.569. The summed E-state index contributed by atoms with van der Waals surface area (Å²) >= 11 is 0. The van der Waals surface area contributed by atoms with Crippen LogP contribution in [0.3, 0.4) is 0 Å². The lowest BCUT2D eigenvalue weighted by Gasteiger charge is -2.10. The Balaban J connectivity index is 2.62. The van der Waals surface area contributed by atoms with Gasteiger partial charge in [0.05, 0.1) is 0 Å². The van der Waals surface area contributed by atoms with Gasteiger partial charge in [-0.2, -0.15) is 7.41 Å². The number of nitrogens with zero attached hydrogens (tertiary/aromatic N) is 1. The highest BCUT2D eigenvalue weighted by Crippen LogP contribution is 1.84. The van der Waals surface area contributed by atoms with Gasteiger partial charge >= 0.3 is 0 Å². The Hall–Kier alpha value is -0.915. The molecule has 1 rings (SSSR count). The summed E-state index contributed by atoms with van der Waals surface area (Å²) in [5.74, 6) is 1.75. The monoisotopic (exact) mass is 104 g/mol. The molecule has 2 radical (unpaired) electrons. The van der Waals surface area contributed by atoms with Gasteiger partial charge in [-0.3, -0.25) is 5.98 Å². The molecule has 0 saturated heterocycles. The predicted octanol–water partition coefficient (Wildman–Crippen LogP) is 1.10. The molecule has 1 aromatic heterocycles. The molecule has 40 valence electrons. The van der Waals surface area contributed by atoms with Crippen molar-refractivity contribution < 1.29 is 0 Å². The molecule has 0 aliphatic rings. The third-order valence-corrected chi connectivity index (χ3v) is 0.905. The summed E-state index contributed by atoms with van der Waals surface area (Å²) in [6.07, 6.45) is 3.92. The first-order chi connectivity index (χ1) is 3.93. The number of rotatable bonds is 2. The minimum atomic E-state index is 1.75. The zero-order chi connectivity index (χ0) is 5.82. The van der Waals surface area contributed by atoms with E-state index in [0.717, 1.165) is 0 Å². The molecule has 8 heavy (non-hydrogen) atoms. The number of hydrogen-bond donors (Lipinski definition) is 0. The first-order valence-electron chi connectivity index (χ1n) is 2.52. The molecule has 1 heterocycles. The molecular formula is C6H7BN-. The lowest BCUT2D eigenvalue weighted by Crippen LogP contribution is -1.97. The summed E-state index contributed by atoms with van der Waals surface area (Å²) in [6, 6.07) is 3.94. The van der Waals surface area contributed by atoms with Crippen LogP contribution in [-0.2, 0) is 0 Å². The average Bonchev–Trinajstić information content (AvgIpc) is 2.19. The van der Waals surface area contributed by atoms with E-state index in [9.17, 15) is 0 Å². The quantitative estimate of drug-likeness (QED) is 0.495. The van der Waals surface area contributed by atoms with E-state index < -0.39 is 0 Å². The van der Waals surface area contributed by atoms with Crippen molar-refractivity contribution in [2.45, 2.75) is 0 Å². The van der Waals surface area contributed by atoms with Crippen molar-refractivity contribution >= 4 is 7.41 Å². The van der Waals surface area contributed by atoms with Gasteiger partial charge < -0.3 is 4.48 Å². The highest BCUT2D eigenvalue weighted by molar-refractivity contribution is 6.39. The van der Waals surface area contributed by atoms with Gasteiger partial charge in [-0.15, -0.1) is 6.58 Å². The maximum atomic E-state index is 3.56. The largest absolute Gasteiger partial charge is 0.592 e. The topological polar surface area (TPSA) is 4.93 Å². The molecule has 0 fully saturated rings. The molecule has 0 aliphatic heterocycles. The normalized spacial score (nSPS) is 9.00. The SMILES string of the molecule is C=C[B-]n1cccc1. The molecule has 0 amide bonds. The van der Waals surface area contributed by atoms with Gasteiger partial charge in [-0.25, -0.2) is 0 Å². The summed E-state index contributed by atoms with van der Waals surface area (Å²) < 4.78 is 1.94. The zero-order valence-electron chi connectivity index (χ0n) is 4.62. The van der Waals surface area contributed by atoms with Gasteiger partial charge in [-0.1, -0.05) is 0 Å². The smallest absolute Gasteiger partial charge is 0.0422 e. The zero-order valence-corrected chi connectivity index (χ0v) is 4.62. The van der Waals surface area contributed by atoms with Crippen LogP contribution in [0, 0.1) is 0 Å². The lowest BCUT2D eigenvalue weighted by molar-refractivity contribution is 1.24. The van der Waals surface area contributed by atoms with Crippen molar-refractivity contribution in [1.82, 2.24) is 4.48 Å². The first-order valence-corrected chi connectivity index (χ1v) is 2.52. The van der Waals surface area contributed by atoms with Crippen molar-refractivity contribution in [3.05, 3.63) is 37.1 Å². The van der Waals surface area contributed by atoms with E-state index in [0.29, 0.717) is 0 Å². The van der Waals surface area contributed by atoms with E-state index in [2.05, 4.69) is 6.58 Å². The first kappa shape index (κ1) is 5.23. The molecule has 2 heteroatoms. The standard InChI is InChI=1S/C6H7BN/c1-2-7-8-5-3-4-6-8/h2-6H,1H2/q-1. The Morgan fingerprint density at radius 3 is 2.50 bits per heavy atom. The van der Waals surface area contributed by atoms with Crippen molar-refractivity contribution in [3.63, 3.8) is 0 Å². The van der Waals surface area contributed by atoms with Gasteiger partial charge in [0.2, 0.25) is 0 Å². The maximum absolute atomic E-state index is 3.56. The molecule has 0 N–H and O–H groups in total. The molecule has 0 saturated carbocycles. The van der Waals surface area contributed by atoms with E-state index >= 15 is 0 Å². The van der Waals surface area contributed by atoms with Gasteiger partial charge in [-0.05, 0) is 24.5 Å². The highest BCUT2D eigenvalue weighted by atomic mass is 14.8. The second kappa shape index (κ2) is 2.41. The second-order valence-electron chi connectivity index (χ2n) is 1.52. The molecule has 0 unspecified atom stereocenters. The van der Waals surface area contributed by atoms with E-state index in [-0.39, 0.29) is 0 Å². The Kier molecular flexibility index (Phi) is 1.57. The van der Waals surface area contributed by atoms with E-state index in [4.69, 9.17) is 0 Å². The van der Waals surface area contributed by atoms with Crippen LogP contribution in [0.1, 0.15) is 0 Å². The van der Waals surface area contributed by atoms with Gasteiger partial charge in [0.25, 0.3) is 0 Å². The van der Waals surface area contributed by atoms with Crippen LogP contribution in [0.25, 0.3) is 0 Å². The molecule has 1 nitrogen and oxygen atoms in total. The Morgan fingerprint density at radius 2 is 2.00 bits per heavy atom. The van der Waals surface area contributed by atoms with Crippen LogP contribution in [-0.4, -0.2) is 11.9 Å². The minimum Gasteiger partial charge on any atom is -0.592 e. The molecule has 0 aromatic carbocycles. The van der Waals surface area contributed by atoms with Crippen LogP contribution < -0.4 is 0 Å². The summed E-state index contributed by atoms with van der Waals surface area (Å²) in [4.78, 5) is 0. The summed E-state index contributed by atoms with van der Waals surface area (Å²) in [6.45, 7) is 3.56. The number of hydrogen-bond acceptors (Lipinski definition) is 0. The lowest BCUT2D eigenvalue weighted by atomic mass is 9.96. The van der Waals surface area contributed by atoms with Crippen molar-refractivity contribution in [2.75, 3.05) is 0 Å². The fraction of sp³-hybridized carbons (Fsp3) is 0. The molecule has 0 atom stereocenters. The Morgan fingerprint density at radius 1 is 1.38 bits per heavy atom. The Bertz CT molecular complexity index is 155. The van der Waals surface area contributed by atoms with Crippen molar-refractivity contribution in [2.24, 2.45) is 0 Å². The molecular weight excluding hydrogens is 96.9 g/mol. The van der Waals surface area contributed by atoms with Crippen LogP contribution in [0.5, 0.6) is 0 Å². The van der Waals surface area contributed by atoms with E-state index in [1.165, 1.54) is 0 Å². The van der Waals surface area contributed by atoms with Gasteiger partial charge in [0.15, 0.2) is 0 Å². The minimum absolute atomic E-state index is 1.75. The van der Waals surface area contributed by atoms with Gasteiger partial charge in [0, 0.05) is 0 Å². The summed E-state index contributed by atoms with van der Waals surface area (Å²) in [5, 5.41) is 0. The van der Waals surface area contributed by atoms with Crippen LogP contribution >= 0.6 is 0 Å².